The smallest absolute Gasteiger partial charge is 0.335 e. The summed E-state index contributed by atoms with van der Waals surface area (Å²) in [5, 5.41) is 10.9. The molecule has 0 atom stereocenters. The first-order valence-electron chi connectivity index (χ1n) is 4.41. The maximum Gasteiger partial charge on any atom is 0.335 e. The summed E-state index contributed by atoms with van der Waals surface area (Å²) in [6, 6.07) is 11.1. The zero-order chi connectivity index (χ0) is 10.1. The van der Waals surface area contributed by atoms with Gasteiger partial charge in [-0.05, 0) is 35.4 Å². The molecule has 0 aromatic heterocycles. The first-order valence-corrected chi connectivity index (χ1v) is 4.41. The first-order chi connectivity index (χ1) is 6.68. The van der Waals surface area contributed by atoms with E-state index in [1.54, 1.807) is 12.1 Å². The van der Waals surface area contributed by atoms with Crippen LogP contribution in [0.5, 0.6) is 0 Å². The largest absolute Gasteiger partial charge is 0.478 e. The maximum atomic E-state index is 10.7. The molecule has 1 N–H and O–H groups in total. The van der Waals surface area contributed by atoms with Gasteiger partial charge >= 0.3 is 5.97 Å². The van der Waals surface area contributed by atoms with E-state index >= 15 is 0 Å². The third-order valence-corrected chi connectivity index (χ3v) is 2.35. The normalized spacial score (nSPS) is 9.67. The molecule has 2 nitrogen and oxygen atoms in total. The Labute approximate surface area is 108 Å². The predicted octanol–water partition coefficient (Wildman–Crippen LogP) is 2.84. The van der Waals surface area contributed by atoms with Gasteiger partial charge in [0.25, 0.3) is 0 Å². The molecule has 2 aromatic carbocycles. The van der Waals surface area contributed by atoms with Crippen molar-refractivity contribution in [2.75, 3.05) is 0 Å². The van der Waals surface area contributed by atoms with E-state index in [-0.39, 0.29) is 27.7 Å². The van der Waals surface area contributed by atoms with E-state index in [9.17, 15) is 4.79 Å². The SMILES string of the molecule is Cc1cccc2cc(C(=O)O)ccc12.[Hg]. The molecular weight excluding hydrogens is 377 g/mol. The molecule has 72 valence electrons. The van der Waals surface area contributed by atoms with Crippen molar-refractivity contribution in [3.8, 4) is 0 Å². The second-order valence-corrected chi connectivity index (χ2v) is 3.32. The molecule has 2 aromatic rings. The van der Waals surface area contributed by atoms with Gasteiger partial charge in [-0.25, -0.2) is 4.79 Å². The van der Waals surface area contributed by atoms with Crippen LogP contribution in [0.4, 0.5) is 0 Å². The Morgan fingerprint density at radius 3 is 2.60 bits per heavy atom. The topological polar surface area (TPSA) is 37.3 Å². The standard InChI is InChI=1S/C12H10O2.Hg/c1-8-3-2-4-9-7-10(12(13)14)5-6-11(8)9;/h2-7H,1H3,(H,13,14);. The van der Waals surface area contributed by atoms with Crippen LogP contribution >= 0.6 is 0 Å². The van der Waals surface area contributed by atoms with Crippen LogP contribution in [-0.4, -0.2) is 11.1 Å². The summed E-state index contributed by atoms with van der Waals surface area (Å²) in [6.45, 7) is 2.02. The monoisotopic (exact) mass is 388 g/mol. The number of aryl methyl sites for hydroxylation is 1. The number of hydrogen-bond acceptors (Lipinski definition) is 1. The van der Waals surface area contributed by atoms with E-state index in [0.29, 0.717) is 5.56 Å². The van der Waals surface area contributed by atoms with Crippen LogP contribution < -0.4 is 0 Å². The Kier molecular flexibility index (Phi) is 3.86. The van der Waals surface area contributed by atoms with Crippen molar-refractivity contribution in [1.29, 1.82) is 0 Å². The minimum absolute atomic E-state index is 0. The minimum atomic E-state index is -0.881. The minimum Gasteiger partial charge on any atom is -0.478 e. The molecule has 2 rings (SSSR count). The second-order valence-electron chi connectivity index (χ2n) is 3.32. The number of carboxylic acid groups (broad SMARTS) is 1. The number of hydrogen-bond donors (Lipinski definition) is 1. The average molecular weight is 387 g/mol. The molecule has 0 amide bonds. The van der Waals surface area contributed by atoms with E-state index in [1.807, 2.05) is 31.2 Å². The Hall–Kier alpha value is -0.895. The van der Waals surface area contributed by atoms with Crippen molar-refractivity contribution in [3.63, 3.8) is 0 Å². The van der Waals surface area contributed by atoms with Crippen LogP contribution in [0.15, 0.2) is 36.4 Å². The fourth-order valence-corrected chi connectivity index (χ4v) is 1.58. The molecule has 0 aliphatic carbocycles. The molecule has 0 bridgehead atoms. The summed E-state index contributed by atoms with van der Waals surface area (Å²) in [4.78, 5) is 10.7. The van der Waals surface area contributed by atoms with Crippen LogP contribution in [0.2, 0.25) is 0 Å². The average Bonchev–Trinajstić information content (AvgIpc) is 2.17. The summed E-state index contributed by atoms with van der Waals surface area (Å²) in [7, 11) is 0. The Balaban J connectivity index is 0.00000112. The number of aromatic carboxylic acids is 1. The van der Waals surface area contributed by atoms with Crippen molar-refractivity contribution in [2.45, 2.75) is 6.92 Å². The fraction of sp³-hybridized carbons (Fsp3) is 0.0833. The molecule has 0 saturated carbocycles. The van der Waals surface area contributed by atoms with Gasteiger partial charge in [-0.2, -0.15) is 0 Å². The maximum absolute atomic E-state index is 10.7. The zero-order valence-electron chi connectivity index (χ0n) is 8.53. The second kappa shape index (κ2) is 4.75. The van der Waals surface area contributed by atoms with Crippen molar-refractivity contribution >= 4 is 16.7 Å². The van der Waals surface area contributed by atoms with Gasteiger partial charge < -0.3 is 5.11 Å². The van der Waals surface area contributed by atoms with E-state index in [1.165, 1.54) is 5.56 Å². The number of fused-ring (bicyclic) bond motifs is 1. The van der Waals surface area contributed by atoms with E-state index in [4.69, 9.17) is 5.11 Å². The van der Waals surface area contributed by atoms with E-state index in [2.05, 4.69) is 0 Å². The molecule has 0 heterocycles. The van der Waals surface area contributed by atoms with E-state index in [0.717, 1.165) is 10.8 Å². The van der Waals surface area contributed by atoms with Gasteiger partial charge in [-0.3, -0.25) is 0 Å². The molecule has 0 fully saturated rings. The predicted molar refractivity (Wildman–Crippen MR) is 55.6 cm³/mol. The summed E-state index contributed by atoms with van der Waals surface area (Å²) in [6.07, 6.45) is 0. The fourth-order valence-electron chi connectivity index (χ4n) is 1.58. The van der Waals surface area contributed by atoms with Crippen LogP contribution in [0.3, 0.4) is 0 Å². The zero-order valence-corrected chi connectivity index (χ0v) is 14.0. The van der Waals surface area contributed by atoms with E-state index < -0.39 is 5.97 Å². The Bertz CT molecular complexity index is 506. The third kappa shape index (κ3) is 2.37. The summed E-state index contributed by atoms with van der Waals surface area (Å²) in [5.41, 5.74) is 1.50. The van der Waals surface area contributed by atoms with Gasteiger partial charge in [0, 0.05) is 27.7 Å². The molecule has 0 radical (unpaired) electrons. The van der Waals surface area contributed by atoms with Crippen LogP contribution in [0.25, 0.3) is 10.8 Å². The van der Waals surface area contributed by atoms with Gasteiger partial charge in [0.2, 0.25) is 0 Å². The van der Waals surface area contributed by atoms with Gasteiger partial charge in [-0.1, -0.05) is 24.3 Å². The van der Waals surface area contributed by atoms with Crippen molar-refractivity contribution in [3.05, 3.63) is 47.5 Å². The Morgan fingerprint density at radius 1 is 1.20 bits per heavy atom. The van der Waals surface area contributed by atoms with Crippen molar-refractivity contribution in [1.82, 2.24) is 0 Å². The molecule has 0 unspecified atom stereocenters. The third-order valence-electron chi connectivity index (χ3n) is 2.35. The Morgan fingerprint density at radius 2 is 1.93 bits per heavy atom. The summed E-state index contributed by atoms with van der Waals surface area (Å²) < 4.78 is 0. The number of benzene rings is 2. The van der Waals surface area contributed by atoms with Crippen molar-refractivity contribution in [2.24, 2.45) is 0 Å². The van der Waals surface area contributed by atoms with Gasteiger partial charge in [0.1, 0.15) is 0 Å². The van der Waals surface area contributed by atoms with Gasteiger partial charge in [0.05, 0.1) is 5.56 Å². The molecule has 15 heavy (non-hydrogen) atoms. The molecule has 0 aliphatic rings. The quantitative estimate of drug-likeness (QED) is 0.765. The molecule has 0 aliphatic heterocycles. The molecular formula is C12H10HgO2. The molecule has 0 saturated heterocycles. The van der Waals surface area contributed by atoms with Gasteiger partial charge in [-0.15, -0.1) is 0 Å². The number of rotatable bonds is 1. The summed E-state index contributed by atoms with van der Waals surface area (Å²) in [5.74, 6) is -0.881. The summed E-state index contributed by atoms with van der Waals surface area (Å²) >= 11 is 0. The van der Waals surface area contributed by atoms with Crippen molar-refractivity contribution < 1.29 is 37.6 Å². The molecule has 3 heteroatoms. The number of carboxylic acids is 1. The van der Waals surface area contributed by atoms with Crippen LogP contribution in [-0.2, 0) is 27.7 Å². The number of carbonyl (C=O) groups is 1. The van der Waals surface area contributed by atoms with Crippen LogP contribution in [0.1, 0.15) is 15.9 Å². The van der Waals surface area contributed by atoms with Gasteiger partial charge in [0.15, 0.2) is 0 Å². The molecule has 0 spiro atoms. The first kappa shape index (κ1) is 12.2. The van der Waals surface area contributed by atoms with Crippen LogP contribution in [0, 0.1) is 6.92 Å².